The first-order valence-electron chi connectivity index (χ1n) is 9.62. The van der Waals surface area contributed by atoms with Crippen LogP contribution in [-0.4, -0.2) is 18.2 Å². The van der Waals surface area contributed by atoms with Gasteiger partial charge in [-0.2, -0.15) is 8.78 Å². The molecule has 29 heavy (non-hydrogen) atoms. The van der Waals surface area contributed by atoms with E-state index in [4.69, 9.17) is 4.74 Å². The molecule has 1 heterocycles. The molecule has 4 rings (SSSR count). The minimum Gasteiger partial charge on any atom is -0.489 e. The SMILES string of the molecule is FC(F)Oc1ccc(N(Cc2cccnc2)c2ccccc2)cc1OCC1CC1. The van der Waals surface area contributed by atoms with Crippen molar-refractivity contribution >= 4 is 11.4 Å². The molecule has 0 N–H and O–H groups in total. The van der Waals surface area contributed by atoms with E-state index in [0.717, 1.165) is 29.8 Å². The second kappa shape index (κ2) is 8.90. The number of pyridine rings is 1. The van der Waals surface area contributed by atoms with Crippen LogP contribution in [0.2, 0.25) is 0 Å². The van der Waals surface area contributed by atoms with Gasteiger partial charge in [0.2, 0.25) is 0 Å². The summed E-state index contributed by atoms with van der Waals surface area (Å²) in [7, 11) is 0. The van der Waals surface area contributed by atoms with E-state index in [0.29, 0.717) is 24.8 Å². The summed E-state index contributed by atoms with van der Waals surface area (Å²) in [6, 6.07) is 18.9. The summed E-state index contributed by atoms with van der Waals surface area (Å²) in [4.78, 5) is 6.28. The van der Waals surface area contributed by atoms with Crippen LogP contribution in [-0.2, 0) is 6.54 Å². The molecule has 0 amide bonds. The van der Waals surface area contributed by atoms with Crippen molar-refractivity contribution in [2.45, 2.75) is 26.0 Å². The molecule has 6 heteroatoms. The number of halogens is 2. The molecular formula is C23H22F2N2O2. The lowest BCUT2D eigenvalue weighted by Crippen LogP contribution is -2.17. The Morgan fingerprint density at radius 3 is 2.48 bits per heavy atom. The van der Waals surface area contributed by atoms with Crippen LogP contribution in [0, 0.1) is 5.92 Å². The molecule has 150 valence electrons. The van der Waals surface area contributed by atoms with Crippen molar-refractivity contribution < 1.29 is 18.3 Å². The van der Waals surface area contributed by atoms with Gasteiger partial charge in [-0.15, -0.1) is 0 Å². The predicted molar refractivity (Wildman–Crippen MR) is 108 cm³/mol. The van der Waals surface area contributed by atoms with Crippen molar-refractivity contribution in [1.82, 2.24) is 4.98 Å². The van der Waals surface area contributed by atoms with Crippen molar-refractivity contribution in [2.75, 3.05) is 11.5 Å². The molecular weight excluding hydrogens is 374 g/mol. The lowest BCUT2D eigenvalue weighted by atomic mass is 10.2. The second-order valence-electron chi connectivity index (χ2n) is 7.05. The summed E-state index contributed by atoms with van der Waals surface area (Å²) in [5.41, 5.74) is 2.84. The van der Waals surface area contributed by atoms with Crippen LogP contribution in [0.3, 0.4) is 0 Å². The van der Waals surface area contributed by atoms with Crippen molar-refractivity contribution in [2.24, 2.45) is 5.92 Å². The fourth-order valence-electron chi connectivity index (χ4n) is 3.08. The number of anilines is 2. The highest BCUT2D eigenvalue weighted by atomic mass is 19.3. The Morgan fingerprint density at radius 2 is 1.79 bits per heavy atom. The van der Waals surface area contributed by atoms with Gasteiger partial charge in [-0.25, -0.2) is 0 Å². The smallest absolute Gasteiger partial charge is 0.387 e. The first-order chi connectivity index (χ1) is 14.2. The van der Waals surface area contributed by atoms with Crippen molar-refractivity contribution in [3.63, 3.8) is 0 Å². The number of para-hydroxylation sites is 1. The summed E-state index contributed by atoms with van der Waals surface area (Å²) in [6.45, 7) is -1.81. The molecule has 0 spiro atoms. The number of aromatic nitrogens is 1. The summed E-state index contributed by atoms with van der Waals surface area (Å²) in [6.07, 6.45) is 5.77. The van der Waals surface area contributed by atoms with Gasteiger partial charge in [0.05, 0.1) is 6.61 Å². The van der Waals surface area contributed by atoms with Crippen LogP contribution in [0.25, 0.3) is 0 Å². The van der Waals surface area contributed by atoms with Gasteiger partial charge in [-0.1, -0.05) is 24.3 Å². The topological polar surface area (TPSA) is 34.6 Å². The van der Waals surface area contributed by atoms with E-state index in [2.05, 4.69) is 14.6 Å². The molecule has 0 atom stereocenters. The van der Waals surface area contributed by atoms with E-state index in [1.165, 1.54) is 0 Å². The number of ether oxygens (including phenoxy) is 2. The average molecular weight is 396 g/mol. The lowest BCUT2D eigenvalue weighted by molar-refractivity contribution is -0.0515. The molecule has 0 unspecified atom stereocenters. The fraction of sp³-hybridized carbons (Fsp3) is 0.261. The standard InChI is InChI=1S/C23H22F2N2O2/c24-23(25)29-21-11-10-20(13-22(21)28-16-17-8-9-17)27(19-6-2-1-3-7-19)15-18-5-4-12-26-14-18/h1-7,10-14,17,23H,8-9,15-16H2. The van der Waals surface area contributed by atoms with Crippen molar-refractivity contribution in [1.29, 1.82) is 0 Å². The van der Waals surface area contributed by atoms with E-state index in [-0.39, 0.29) is 5.75 Å². The minimum atomic E-state index is -2.90. The van der Waals surface area contributed by atoms with Gasteiger partial charge in [-0.05, 0) is 54.7 Å². The third-order valence-electron chi connectivity index (χ3n) is 4.76. The number of rotatable bonds is 9. The van der Waals surface area contributed by atoms with E-state index in [1.807, 2.05) is 48.7 Å². The minimum absolute atomic E-state index is 0.0544. The van der Waals surface area contributed by atoms with Gasteiger partial charge >= 0.3 is 6.61 Å². The lowest BCUT2D eigenvalue weighted by Gasteiger charge is -2.26. The third kappa shape index (κ3) is 5.22. The number of hydrogen-bond acceptors (Lipinski definition) is 4. The maximum Gasteiger partial charge on any atom is 0.387 e. The Hall–Kier alpha value is -3.15. The summed E-state index contributed by atoms with van der Waals surface area (Å²) in [5.74, 6) is 0.888. The van der Waals surface area contributed by atoms with Crippen LogP contribution >= 0.6 is 0 Å². The van der Waals surface area contributed by atoms with Gasteiger partial charge in [0.25, 0.3) is 0 Å². The molecule has 4 nitrogen and oxygen atoms in total. The zero-order valence-electron chi connectivity index (χ0n) is 15.9. The molecule has 1 aliphatic carbocycles. The maximum atomic E-state index is 12.8. The number of alkyl halides is 2. The summed E-state index contributed by atoms with van der Waals surface area (Å²) < 4.78 is 36.2. The van der Waals surface area contributed by atoms with Gasteiger partial charge in [0.1, 0.15) is 0 Å². The summed E-state index contributed by atoms with van der Waals surface area (Å²) in [5, 5.41) is 0. The largest absolute Gasteiger partial charge is 0.489 e. The molecule has 1 saturated carbocycles. The molecule has 0 saturated heterocycles. The monoisotopic (exact) mass is 396 g/mol. The van der Waals surface area contributed by atoms with Crippen LogP contribution in [0.1, 0.15) is 18.4 Å². The van der Waals surface area contributed by atoms with Gasteiger partial charge in [0.15, 0.2) is 11.5 Å². The number of benzene rings is 2. The third-order valence-corrected chi connectivity index (χ3v) is 4.76. The van der Waals surface area contributed by atoms with Crippen molar-refractivity contribution in [3.8, 4) is 11.5 Å². The van der Waals surface area contributed by atoms with E-state index in [9.17, 15) is 8.78 Å². The molecule has 3 aromatic rings. The highest BCUT2D eigenvalue weighted by molar-refractivity contribution is 5.66. The van der Waals surface area contributed by atoms with E-state index < -0.39 is 6.61 Å². The number of hydrogen-bond donors (Lipinski definition) is 0. The Labute approximate surface area is 168 Å². The molecule has 2 aromatic carbocycles. The van der Waals surface area contributed by atoms with Crippen LogP contribution < -0.4 is 14.4 Å². The maximum absolute atomic E-state index is 12.8. The average Bonchev–Trinajstić information content (AvgIpc) is 3.57. The van der Waals surface area contributed by atoms with Crippen LogP contribution in [0.15, 0.2) is 73.1 Å². The zero-order valence-corrected chi connectivity index (χ0v) is 15.9. The van der Waals surface area contributed by atoms with Gasteiger partial charge in [-0.3, -0.25) is 4.98 Å². The van der Waals surface area contributed by atoms with Gasteiger partial charge < -0.3 is 14.4 Å². The molecule has 1 aromatic heterocycles. The van der Waals surface area contributed by atoms with E-state index in [1.54, 1.807) is 24.4 Å². The first-order valence-corrected chi connectivity index (χ1v) is 9.62. The van der Waals surface area contributed by atoms with Crippen LogP contribution in [0.5, 0.6) is 11.5 Å². The molecule has 1 fully saturated rings. The van der Waals surface area contributed by atoms with Crippen LogP contribution in [0.4, 0.5) is 20.2 Å². The molecule has 0 radical (unpaired) electrons. The Bertz CT molecular complexity index is 919. The number of nitrogens with zero attached hydrogens (tertiary/aromatic N) is 2. The summed E-state index contributed by atoms with van der Waals surface area (Å²) >= 11 is 0. The Morgan fingerprint density at radius 1 is 0.966 bits per heavy atom. The normalized spacial score (nSPS) is 13.3. The fourth-order valence-corrected chi connectivity index (χ4v) is 3.08. The van der Waals surface area contributed by atoms with Crippen molar-refractivity contribution in [3.05, 3.63) is 78.6 Å². The Kier molecular flexibility index (Phi) is 5.89. The second-order valence-corrected chi connectivity index (χ2v) is 7.05. The predicted octanol–water partition coefficient (Wildman–Crippen LogP) is 5.81. The molecule has 1 aliphatic rings. The zero-order chi connectivity index (χ0) is 20.1. The highest BCUT2D eigenvalue weighted by Crippen LogP contribution is 2.38. The Balaban J connectivity index is 1.67. The van der Waals surface area contributed by atoms with Gasteiger partial charge in [0, 0.05) is 36.4 Å². The quantitative estimate of drug-likeness (QED) is 0.457. The highest BCUT2D eigenvalue weighted by Gasteiger charge is 2.23. The molecule has 0 aliphatic heterocycles. The van der Waals surface area contributed by atoms with E-state index >= 15 is 0 Å². The molecule has 0 bridgehead atoms. The first kappa shape index (κ1) is 19.2.